The van der Waals surface area contributed by atoms with Crippen molar-refractivity contribution in [1.82, 2.24) is 10.2 Å². The quantitative estimate of drug-likeness (QED) is 0.475. The van der Waals surface area contributed by atoms with Crippen LogP contribution in [-0.4, -0.2) is 53.1 Å². The predicted molar refractivity (Wildman–Crippen MR) is 53.9 cm³/mol. The lowest BCUT2D eigenvalue weighted by Gasteiger charge is -2.40. The molecule has 0 aliphatic carbocycles. The summed E-state index contributed by atoms with van der Waals surface area (Å²) in [7, 11) is 0. The van der Waals surface area contributed by atoms with E-state index in [0.717, 1.165) is 0 Å². The Morgan fingerprint density at radius 1 is 1.60 bits per heavy atom. The zero-order chi connectivity index (χ0) is 11.6. The summed E-state index contributed by atoms with van der Waals surface area (Å²) in [5.41, 5.74) is 4.50. The van der Waals surface area contributed by atoms with Gasteiger partial charge in [-0.05, 0) is 13.8 Å². The number of aliphatic hydroxyl groups is 1. The number of carbonyl (C=O) groups is 2. The molecule has 0 saturated carbocycles. The number of piperazine rings is 1. The van der Waals surface area contributed by atoms with Gasteiger partial charge in [-0.2, -0.15) is 0 Å². The smallest absolute Gasteiger partial charge is 0.246 e. The first kappa shape index (κ1) is 12.1. The third kappa shape index (κ3) is 2.53. The summed E-state index contributed by atoms with van der Waals surface area (Å²) in [5, 5.41) is 11.7. The van der Waals surface area contributed by atoms with Crippen LogP contribution in [0.4, 0.5) is 0 Å². The van der Waals surface area contributed by atoms with E-state index in [0.29, 0.717) is 0 Å². The van der Waals surface area contributed by atoms with Crippen LogP contribution in [0.25, 0.3) is 0 Å². The minimum atomic E-state index is -0.788. The van der Waals surface area contributed by atoms with Gasteiger partial charge < -0.3 is 10.8 Å². The summed E-state index contributed by atoms with van der Waals surface area (Å²) < 4.78 is 0. The standard InChI is InChI=1S/C9H17N3O3/c1-9(2)8(15)11-7(14)5-12(9)4-6(13)3-10/h6,13H,3-5,10H2,1-2H3,(H,11,14,15). The molecule has 0 radical (unpaired) electrons. The Hall–Kier alpha value is -0.980. The van der Waals surface area contributed by atoms with Crippen LogP contribution in [0.2, 0.25) is 0 Å². The number of carbonyl (C=O) groups excluding carboxylic acids is 2. The van der Waals surface area contributed by atoms with E-state index in [4.69, 9.17) is 5.73 Å². The summed E-state index contributed by atoms with van der Waals surface area (Å²) in [4.78, 5) is 24.3. The number of hydrogen-bond donors (Lipinski definition) is 3. The largest absolute Gasteiger partial charge is 0.390 e. The first-order chi connectivity index (χ1) is 6.87. The molecule has 1 unspecified atom stereocenters. The monoisotopic (exact) mass is 215 g/mol. The number of nitrogens with two attached hydrogens (primary N) is 1. The van der Waals surface area contributed by atoms with Crippen molar-refractivity contribution in [2.45, 2.75) is 25.5 Å². The van der Waals surface area contributed by atoms with Gasteiger partial charge in [0.05, 0.1) is 18.2 Å². The Morgan fingerprint density at radius 2 is 2.20 bits per heavy atom. The molecule has 1 saturated heterocycles. The first-order valence-corrected chi connectivity index (χ1v) is 4.85. The maximum atomic E-state index is 11.5. The summed E-state index contributed by atoms with van der Waals surface area (Å²) in [6, 6.07) is 0. The van der Waals surface area contributed by atoms with Crippen LogP contribution in [-0.2, 0) is 9.59 Å². The molecule has 0 aromatic rings. The molecule has 1 rings (SSSR count). The third-order valence-corrected chi connectivity index (χ3v) is 2.64. The molecule has 2 amide bonds. The van der Waals surface area contributed by atoms with Gasteiger partial charge in [0, 0.05) is 13.1 Å². The number of aliphatic hydroxyl groups excluding tert-OH is 1. The maximum absolute atomic E-state index is 11.5. The molecule has 0 aromatic heterocycles. The average Bonchev–Trinajstić information content (AvgIpc) is 2.14. The zero-order valence-electron chi connectivity index (χ0n) is 8.99. The third-order valence-electron chi connectivity index (χ3n) is 2.64. The van der Waals surface area contributed by atoms with Gasteiger partial charge in [-0.15, -0.1) is 0 Å². The van der Waals surface area contributed by atoms with Crippen LogP contribution in [0, 0.1) is 0 Å². The van der Waals surface area contributed by atoms with Crippen LogP contribution in [0.5, 0.6) is 0 Å². The van der Waals surface area contributed by atoms with Crippen LogP contribution < -0.4 is 11.1 Å². The second-order valence-corrected chi connectivity index (χ2v) is 4.21. The Kier molecular flexibility index (Phi) is 3.43. The molecule has 86 valence electrons. The van der Waals surface area contributed by atoms with Crippen molar-refractivity contribution in [1.29, 1.82) is 0 Å². The van der Waals surface area contributed by atoms with Crippen molar-refractivity contribution < 1.29 is 14.7 Å². The molecule has 4 N–H and O–H groups in total. The topological polar surface area (TPSA) is 95.7 Å². The van der Waals surface area contributed by atoms with Crippen molar-refractivity contribution in [3.8, 4) is 0 Å². The lowest BCUT2D eigenvalue weighted by molar-refractivity contribution is -0.146. The highest BCUT2D eigenvalue weighted by Crippen LogP contribution is 2.17. The molecule has 1 fully saturated rings. The summed E-state index contributed by atoms with van der Waals surface area (Å²) in [6.07, 6.45) is -0.719. The normalized spacial score (nSPS) is 23.7. The average molecular weight is 215 g/mol. The highest BCUT2D eigenvalue weighted by atomic mass is 16.3. The van der Waals surface area contributed by atoms with E-state index in [1.54, 1.807) is 18.7 Å². The lowest BCUT2D eigenvalue weighted by Crippen LogP contribution is -2.65. The minimum absolute atomic E-state index is 0.107. The number of rotatable bonds is 3. The summed E-state index contributed by atoms with van der Waals surface area (Å²) in [5.74, 6) is -0.688. The van der Waals surface area contributed by atoms with E-state index < -0.39 is 11.6 Å². The molecule has 0 bridgehead atoms. The van der Waals surface area contributed by atoms with Gasteiger partial charge in [0.1, 0.15) is 0 Å². The van der Waals surface area contributed by atoms with Crippen molar-refractivity contribution in [3.63, 3.8) is 0 Å². The predicted octanol–water partition coefficient (Wildman–Crippen LogP) is -1.96. The Bertz CT molecular complexity index is 278. The molecule has 0 spiro atoms. The number of β-amino-alcohol motifs (C(OH)–C–C–N with tert-alkyl or cyclic N) is 1. The number of nitrogens with one attached hydrogen (secondary N) is 1. The van der Waals surface area contributed by atoms with Gasteiger partial charge in [0.15, 0.2) is 0 Å². The van der Waals surface area contributed by atoms with Crippen molar-refractivity contribution in [2.24, 2.45) is 5.73 Å². The highest BCUT2D eigenvalue weighted by molar-refractivity contribution is 6.02. The van der Waals surface area contributed by atoms with Crippen LogP contribution in [0.1, 0.15) is 13.8 Å². The molecule has 1 heterocycles. The van der Waals surface area contributed by atoms with Gasteiger partial charge in [-0.25, -0.2) is 0 Å². The SMILES string of the molecule is CC1(C)C(=O)NC(=O)CN1CC(O)CN. The fourth-order valence-corrected chi connectivity index (χ4v) is 1.46. The fraction of sp³-hybridized carbons (Fsp3) is 0.778. The van der Waals surface area contributed by atoms with Gasteiger partial charge in [0.2, 0.25) is 11.8 Å². The second kappa shape index (κ2) is 4.26. The van der Waals surface area contributed by atoms with Crippen LogP contribution in [0.15, 0.2) is 0 Å². The van der Waals surface area contributed by atoms with Crippen molar-refractivity contribution in [3.05, 3.63) is 0 Å². The van der Waals surface area contributed by atoms with E-state index in [1.165, 1.54) is 0 Å². The van der Waals surface area contributed by atoms with Crippen molar-refractivity contribution >= 4 is 11.8 Å². The number of nitrogens with zero attached hydrogens (tertiary/aromatic N) is 1. The molecule has 0 aromatic carbocycles. The molecule has 6 nitrogen and oxygen atoms in total. The Labute approximate surface area is 88.4 Å². The van der Waals surface area contributed by atoms with Gasteiger partial charge in [0.25, 0.3) is 0 Å². The fourth-order valence-electron chi connectivity index (χ4n) is 1.46. The zero-order valence-corrected chi connectivity index (χ0v) is 8.99. The van der Waals surface area contributed by atoms with Crippen molar-refractivity contribution in [2.75, 3.05) is 19.6 Å². The summed E-state index contributed by atoms with van der Waals surface area (Å²) in [6.45, 7) is 3.86. The molecule has 15 heavy (non-hydrogen) atoms. The van der Waals surface area contributed by atoms with E-state index in [9.17, 15) is 14.7 Å². The lowest BCUT2D eigenvalue weighted by atomic mass is 9.98. The highest BCUT2D eigenvalue weighted by Gasteiger charge is 2.41. The van der Waals surface area contributed by atoms with Gasteiger partial charge in [-0.1, -0.05) is 0 Å². The number of amides is 2. The molecule has 1 aliphatic rings. The van der Waals surface area contributed by atoms with Gasteiger partial charge in [-0.3, -0.25) is 19.8 Å². The maximum Gasteiger partial charge on any atom is 0.246 e. The van der Waals surface area contributed by atoms with E-state index in [-0.39, 0.29) is 31.4 Å². The Balaban J connectivity index is 2.75. The van der Waals surface area contributed by atoms with E-state index in [1.807, 2.05) is 0 Å². The first-order valence-electron chi connectivity index (χ1n) is 4.85. The van der Waals surface area contributed by atoms with E-state index in [2.05, 4.69) is 5.32 Å². The second-order valence-electron chi connectivity index (χ2n) is 4.21. The molecule has 1 atom stereocenters. The number of hydrogen-bond acceptors (Lipinski definition) is 5. The number of imide groups is 1. The van der Waals surface area contributed by atoms with Gasteiger partial charge >= 0.3 is 0 Å². The Morgan fingerprint density at radius 3 is 2.73 bits per heavy atom. The molecule has 6 heteroatoms. The van der Waals surface area contributed by atoms with Crippen LogP contribution >= 0.6 is 0 Å². The molecule has 1 aliphatic heterocycles. The van der Waals surface area contributed by atoms with E-state index >= 15 is 0 Å². The van der Waals surface area contributed by atoms with Crippen LogP contribution in [0.3, 0.4) is 0 Å². The summed E-state index contributed by atoms with van der Waals surface area (Å²) >= 11 is 0. The molecular formula is C9H17N3O3. The molecular weight excluding hydrogens is 198 g/mol. The minimum Gasteiger partial charge on any atom is -0.390 e.